The van der Waals surface area contributed by atoms with Gasteiger partial charge in [-0.2, -0.15) is 5.26 Å². The zero-order valence-electron chi connectivity index (χ0n) is 19.4. The average Bonchev–Trinajstić information content (AvgIpc) is 2.88. The predicted octanol–water partition coefficient (Wildman–Crippen LogP) is 4.11. The number of ether oxygens (including phenoxy) is 2. The van der Waals surface area contributed by atoms with Crippen LogP contribution >= 0.6 is 0 Å². The van der Waals surface area contributed by atoms with Crippen molar-refractivity contribution in [3.05, 3.63) is 71.3 Å². The lowest BCUT2D eigenvalue weighted by atomic mass is 9.83. The summed E-state index contributed by atoms with van der Waals surface area (Å²) in [6.45, 7) is 1.44. The lowest BCUT2D eigenvalue weighted by molar-refractivity contribution is -0.145. The van der Waals surface area contributed by atoms with Gasteiger partial charge in [0.1, 0.15) is 6.04 Å². The van der Waals surface area contributed by atoms with E-state index in [1.807, 2.05) is 48.5 Å². The van der Waals surface area contributed by atoms with Crippen LogP contribution < -0.4 is 5.32 Å². The first-order chi connectivity index (χ1) is 16.6. The minimum absolute atomic E-state index is 0.0596. The van der Waals surface area contributed by atoms with E-state index in [9.17, 15) is 14.9 Å². The fraction of sp³-hybridized carbons (Fsp3) is 0.444. The number of hydrogen-bond acceptors (Lipinski definition) is 5. The Bertz CT molecular complexity index is 1030. The van der Waals surface area contributed by atoms with Crippen LogP contribution in [0.25, 0.3) is 0 Å². The lowest BCUT2D eigenvalue weighted by Gasteiger charge is -2.38. The number of rotatable bonds is 7. The molecule has 0 spiro atoms. The summed E-state index contributed by atoms with van der Waals surface area (Å²) in [5.74, 6) is -0.409. The van der Waals surface area contributed by atoms with Gasteiger partial charge >= 0.3 is 6.09 Å². The van der Waals surface area contributed by atoms with Crippen LogP contribution in [0.15, 0.2) is 54.6 Å². The maximum Gasteiger partial charge on any atom is 0.411 e. The Labute approximate surface area is 200 Å². The van der Waals surface area contributed by atoms with Crippen LogP contribution in [-0.2, 0) is 33.8 Å². The first kappa shape index (κ1) is 23.8. The van der Waals surface area contributed by atoms with Crippen LogP contribution in [0.2, 0.25) is 0 Å². The van der Waals surface area contributed by atoms with E-state index in [2.05, 4.69) is 17.5 Å². The molecule has 4 rings (SSSR count). The SMILES string of the molecule is N#C[C@H](COCc1ccccc1)NC(=O)C1(OC(=O)N2CCc3ccccc3C2)CCCCC1. The topological polar surface area (TPSA) is 91.7 Å². The van der Waals surface area contributed by atoms with E-state index in [0.29, 0.717) is 32.5 Å². The molecule has 2 amide bonds. The van der Waals surface area contributed by atoms with Gasteiger partial charge in [0, 0.05) is 13.1 Å². The Morgan fingerprint density at radius 2 is 1.74 bits per heavy atom. The second-order valence-corrected chi connectivity index (χ2v) is 9.02. The zero-order valence-corrected chi connectivity index (χ0v) is 19.4. The quantitative estimate of drug-likeness (QED) is 0.670. The van der Waals surface area contributed by atoms with Crippen LogP contribution in [0.1, 0.15) is 48.8 Å². The molecule has 2 aromatic rings. The number of benzene rings is 2. The van der Waals surface area contributed by atoms with Gasteiger partial charge in [0.25, 0.3) is 5.91 Å². The molecule has 1 N–H and O–H groups in total. The molecule has 0 saturated heterocycles. The predicted molar refractivity (Wildman–Crippen MR) is 126 cm³/mol. The van der Waals surface area contributed by atoms with Gasteiger partial charge in [0.2, 0.25) is 0 Å². The minimum Gasteiger partial charge on any atom is -0.433 e. The third kappa shape index (κ3) is 5.75. The molecule has 0 unspecified atom stereocenters. The maximum atomic E-state index is 13.3. The summed E-state index contributed by atoms with van der Waals surface area (Å²) < 4.78 is 11.6. The third-order valence-electron chi connectivity index (χ3n) is 6.60. The molecular weight excluding hydrogens is 430 g/mol. The molecule has 7 heteroatoms. The van der Waals surface area contributed by atoms with Gasteiger partial charge in [-0.3, -0.25) is 4.79 Å². The van der Waals surface area contributed by atoms with Gasteiger partial charge in [0.15, 0.2) is 5.60 Å². The summed E-state index contributed by atoms with van der Waals surface area (Å²) in [5, 5.41) is 12.3. The largest absolute Gasteiger partial charge is 0.433 e. The van der Waals surface area contributed by atoms with Gasteiger partial charge in [-0.25, -0.2) is 4.79 Å². The van der Waals surface area contributed by atoms with Gasteiger partial charge in [-0.05, 0) is 48.8 Å². The second-order valence-electron chi connectivity index (χ2n) is 9.02. The van der Waals surface area contributed by atoms with E-state index in [4.69, 9.17) is 9.47 Å². The van der Waals surface area contributed by atoms with Crippen molar-refractivity contribution in [2.75, 3.05) is 13.2 Å². The first-order valence-corrected chi connectivity index (χ1v) is 12.0. The first-order valence-electron chi connectivity index (χ1n) is 12.0. The molecule has 1 aliphatic carbocycles. The van der Waals surface area contributed by atoms with E-state index in [-0.39, 0.29) is 6.61 Å². The molecule has 2 aromatic carbocycles. The summed E-state index contributed by atoms with van der Waals surface area (Å²) >= 11 is 0. The standard InChI is InChI=1S/C27H31N3O4/c28-17-24(20-33-19-21-9-3-1-4-10-21)29-25(31)27(14-7-2-8-15-27)34-26(32)30-16-13-22-11-5-6-12-23(22)18-30/h1,3-6,9-12,24H,2,7-8,13-16,18-20H2,(H,29,31)/t24-/m1/s1. The van der Waals surface area contributed by atoms with Crippen molar-refractivity contribution in [2.45, 2.75) is 63.3 Å². The van der Waals surface area contributed by atoms with Crippen molar-refractivity contribution in [3.63, 3.8) is 0 Å². The van der Waals surface area contributed by atoms with Crippen LogP contribution in [0.4, 0.5) is 4.79 Å². The number of nitrogens with one attached hydrogen (secondary N) is 1. The second kappa shape index (κ2) is 11.2. The van der Waals surface area contributed by atoms with E-state index in [1.54, 1.807) is 4.90 Å². The van der Waals surface area contributed by atoms with E-state index in [0.717, 1.165) is 36.8 Å². The number of nitriles is 1. The summed E-state index contributed by atoms with van der Waals surface area (Å²) in [4.78, 5) is 28.1. The third-order valence-corrected chi connectivity index (χ3v) is 6.60. The Morgan fingerprint density at radius 1 is 1.03 bits per heavy atom. The Balaban J connectivity index is 1.37. The molecule has 178 valence electrons. The molecule has 0 aromatic heterocycles. The zero-order chi connectivity index (χ0) is 23.8. The number of carbonyl (C=O) groups excluding carboxylic acids is 2. The molecule has 7 nitrogen and oxygen atoms in total. The average molecular weight is 462 g/mol. The fourth-order valence-electron chi connectivity index (χ4n) is 4.65. The monoisotopic (exact) mass is 461 g/mol. The van der Waals surface area contributed by atoms with Crippen LogP contribution in [-0.4, -0.2) is 41.7 Å². The van der Waals surface area contributed by atoms with E-state index in [1.165, 1.54) is 5.56 Å². The maximum absolute atomic E-state index is 13.3. The summed E-state index contributed by atoms with van der Waals surface area (Å²) in [6, 6.07) is 19.0. The van der Waals surface area contributed by atoms with Crippen molar-refractivity contribution in [2.24, 2.45) is 0 Å². The number of fused-ring (bicyclic) bond motifs is 1. The highest BCUT2D eigenvalue weighted by atomic mass is 16.6. The van der Waals surface area contributed by atoms with Crippen LogP contribution in [0.5, 0.6) is 0 Å². The number of amides is 2. The van der Waals surface area contributed by atoms with Crippen molar-refractivity contribution < 1.29 is 19.1 Å². The summed E-state index contributed by atoms with van der Waals surface area (Å²) in [7, 11) is 0. The molecule has 1 fully saturated rings. The molecule has 1 aliphatic heterocycles. The lowest BCUT2D eigenvalue weighted by Crippen LogP contribution is -2.55. The Morgan fingerprint density at radius 3 is 2.47 bits per heavy atom. The van der Waals surface area contributed by atoms with Crippen molar-refractivity contribution in [3.8, 4) is 6.07 Å². The molecule has 0 bridgehead atoms. The number of carbonyl (C=O) groups is 2. The Hall–Kier alpha value is -3.37. The van der Waals surface area contributed by atoms with E-state index >= 15 is 0 Å². The van der Waals surface area contributed by atoms with Gasteiger partial charge in [-0.1, -0.05) is 61.0 Å². The molecule has 1 saturated carbocycles. The van der Waals surface area contributed by atoms with Crippen molar-refractivity contribution in [1.29, 1.82) is 5.26 Å². The van der Waals surface area contributed by atoms with Gasteiger partial charge in [-0.15, -0.1) is 0 Å². The highest BCUT2D eigenvalue weighted by Gasteiger charge is 2.45. The molecular formula is C27H31N3O4. The highest BCUT2D eigenvalue weighted by molar-refractivity contribution is 5.88. The highest BCUT2D eigenvalue weighted by Crippen LogP contribution is 2.33. The summed E-state index contributed by atoms with van der Waals surface area (Å²) in [5.41, 5.74) is 2.09. The van der Waals surface area contributed by atoms with Gasteiger partial charge in [0.05, 0.1) is 19.3 Å². The number of hydrogen-bond donors (Lipinski definition) is 1. The fourth-order valence-corrected chi connectivity index (χ4v) is 4.65. The van der Waals surface area contributed by atoms with Gasteiger partial charge < -0.3 is 19.7 Å². The Kier molecular flexibility index (Phi) is 7.81. The van der Waals surface area contributed by atoms with Crippen LogP contribution in [0.3, 0.4) is 0 Å². The molecule has 2 aliphatic rings. The van der Waals surface area contributed by atoms with Crippen molar-refractivity contribution >= 4 is 12.0 Å². The van der Waals surface area contributed by atoms with Crippen LogP contribution in [0, 0.1) is 11.3 Å². The smallest absolute Gasteiger partial charge is 0.411 e. The van der Waals surface area contributed by atoms with Crippen molar-refractivity contribution in [1.82, 2.24) is 10.2 Å². The van der Waals surface area contributed by atoms with E-state index < -0.39 is 23.6 Å². The number of nitrogens with zero attached hydrogens (tertiary/aromatic N) is 2. The summed E-state index contributed by atoms with van der Waals surface area (Å²) in [6.07, 6.45) is 3.79. The molecule has 0 radical (unpaired) electrons. The minimum atomic E-state index is -1.25. The molecule has 1 atom stereocenters. The molecule has 34 heavy (non-hydrogen) atoms. The molecule has 1 heterocycles. The normalized spacial score (nSPS) is 17.7.